The van der Waals surface area contributed by atoms with Crippen molar-refractivity contribution in [2.24, 2.45) is 0 Å². The van der Waals surface area contributed by atoms with Gasteiger partial charge in [0.1, 0.15) is 5.82 Å². The topological polar surface area (TPSA) is 80.7 Å². The Morgan fingerprint density at radius 3 is 2.53 bits per heavy atom. The van der Waals surface area contributed by atoms with Gasteiger partial charge in [0.15, 0.2) is 5.01 Å². The Labute approximate surface area is 203 Å². The van der Waals surface area contributed by atoms with Crippen LogP contribution in [0.25, 0.3) is 11.1 Å². The van der Waals surface area contributed by atoms with E-state index in [4.69, 9.17) is 6.42 Å². The van der Waals surface area contributed by atoms with Gasteiger partial charge in [-0.1, -0.05) is 24.3 Å². The number of terminal acetylenes is 1. The number of aliphatic hydroxyl groups is 1. The molecule has 34 heavy (non-hydrogen) atoms. The summed E-state index contributed by atoms with van der Waals surface area (Å²) in [5, 5.41) is 18.1. The summed E-state index contributed by atoms with van der Waals surface area (Å²) >= 11 is 1.34. The largest absolute Gasteiger partial charge is 0.393 e. The van der Waals surface area contributed by atoms with E-state index in [1.807, 2.05) is 0 Å². The van der Waals surface area contributed by atoms with Crippen molar-refractivity contribution in [1.29, 1.82) is 0 Å². The first-order chi connectivity index (χ1) is 16.6. The molecule has 174 valence electrons. The minimum atomic E-state index is -0.162. The van der Waals surface area contributed by atoms with E-state index in [-0.39, 0.29) is 12.1 Å². The summed E-state index contributed by atoms with van der Waals surface area (Å²) in [6.45, 7) is 2.82. The fraction of sp³-hybridized carbons (Fsp3) is 0.308. The minimum Gasteiger partial charge on any atom is -0.393 e. The second kappa shape index (κ2) is 9.75. The lowest BCUT2D eigenvalue weighted by Gasteiger charge is -2.36. The Morgan fingerprint density at radius 1 is 1.09 bits per heavy atom. The van der Waals surface area contributed by atoms with E-state index in [9.17, 15) is 9.90 Å². The number of anilines is 3. The third kappa shape index (κ3) is 5.01. The van der Waals surface area contributed by atoms with Crippen molar-refractivity contribution in [1.82, 2.24) is 9.88 Å². The highest BCUT2D eigenvalue weighted by atomic mass is 32.1. The predicted molar refractivity (Wildman–Crippen MR) is 137 cm³/mol. The Kier molecular flexibility index (Phi) is 6.39. The van der Waals surface area contributed by atoms with E-state index in [0.29, 0.717) is 30.0 Å². The Morgan fingerprint density at radius 2 is 1.85 bits per heavy atom. The molecule has 0 bridgehead atoms. The summed E-state index contributed by atoms with van der Waals surface area (Å²) in [4.78, 5) is 20.8. The van der Waals surface area contributed by atoms with Crippen molar-refractivity contribution < 1.29 is 9.90 Å². The number of urea groups is 1. The van der Waals surface area contributed by atoms with E-state index in [0.717, 1.165) is 48.4 Å². The lowest BCUT2D eigenvalue weighted by molar-refractivity contribution is 0.0836. The average Bonchev–Trinajstić information content (AvgIpc) is 3.31. The van der Waals surface area contributed by atoms with Crippen LogP contribution in [-0.2, 0) is 0 Å². The van der Waals surface area contributed by atoms with Crippen LogP contribution in [0, 0.1) is 12.3 Å². The molecule has 2 fully saturated rings. The summed E-state index contributed by atoms with van der Waals surface area (Å²) < 4.78 is 0. The molecule has 3 aromatic rings. The van der Waals surface area contributed by atoms with Gasteiger partial charge in [-0.25, -0.2) is 9.78 Å². The number of amides is 2. The summed E-state index contributed by atoms with van der Waals surface area (Å²) in [5.41, 5.74) is 4.56. The third-order valence-corrected chi connectivity index (χ3v) is 7.12. The van der Waals surface area contributed by atoms with Gasteiger partial charge in [-0.2, -0.15) is 0 Å². The Hall–Kier alpha value is -3.54. The quantitative estimate of drug-likeness (QED) is 0.487. The van der Waals surface area contributed by atoms with Crippen molar-refractivity contribution >= 4 is 34.6 Å². The van der Waals surface area contributed by atoms with Gasteiger partial charge in [0.05, 0.1) is 6.10 Å². The van der Waals surface area contributed by atoms with Gasteiger partial charge < -0.3 is 20.2 Å². The molecule has 0 unspecified atom stereocenters. The van der Waals surface area contributed by atoms with Crippen LogP contribution >= 0.6 is 11.3 Å². The van der Waals surface area contributed by atoms with E-state index in [1.165, 1.54) is 11.3 Å². The van der Waals surface area contributed by atoms with Crippen LogP contribution in [0.1, 0.15) is 17.8 Å². The molecular weight excluding hydrogens is 446 g/mol. The molecule has 2 heterocycles. The van der Waals surface area contributed by atoms with Crippen molar-refractivity contribution in [2.75, 3.05) is 41.7 Å². The zero-order valence-corrected chi connectivity index (χ0v) is 19.6. The van der Waals surface area contributed by atoms with E-state index in [1.54, 1.807) is 10.3 Å². The number of carbonyl (C=O) groups is 1. The molecule has 0 spiro atoms. The molecule has 2 amide bonds. The SMILES string of the molecule is C#Cc1nc(NC(=O)N2CCN(c3ccc(-c4cccc(NC5CC(O)C5)c4)cc3)CC2)cs1. The minimum absolute atomic E-state index is 0.145. The molecule has 0 atom stereocenters. The van der Waals surface area contributed by atoms with Crippen LogP contribution in [-0.4, -0.2) is 59.3 Å². The highest BCUT2D eigenvalue weighted by Gasteiger charge is 2.27. The van der Waals surface area contributed by atoms with Crippen LogP contribution in [0.5, 0.6) is 0 Å². The Bertz CT molecular complexity index is 1190. The van der Waals surface area contributed by atoms with Crippen LogP contribution in [0.3, 0.4) is 0 Å². The molecule has 7 nitrogen and oxygen atoms in total. The van der Waals surface area contributed by atoms with E-state index >= 15 is 0 Å². The van der Waals surface area contributed by atoms with Gasteiger partial charge in [-0.05, 0) is 54.2 Å². The maximum Gasteiger partial charge on any atom is 0.323 e. The first kappa shape index (κ1) is 22.3. The van der Waals surface area contributed by atoms with Gasteiger partial charge >= 0.3 is 6.03 Å². The van der Waals surface area contributed by atoms with Gasteiger partial charge in [-0.3, -0.25) is 5.32 Å². The molecule has 1 saturated carbocycles. The normalized spacial score (nSPS) is 19.8. The number of carbonyl (C=O) groups excluding carboxylic acids is 1. The maximum atomic E-state index is 12.5. The van der Waals surface area contributed by atoms with Crippen molar-refractivity contribution in [2.45, 2.75) is 25.0 Å². The molecule has 5 rings (SSSR count). The second-order valence-corrected chi connectivity index (χ2v) is 9.54. The van der Waals surface area contributed by atoms with E-state index < -0.39 is 0 Å². The first-order valence-electron chi connectivity index (χ1n) is 11.5. The molecule has 0 radical (unpaired) electrons. The number of nitrogens with one attached hydrogen (secondary N) is 2. The molecule has 1 aliphatic carbocycles. The maximum absolute atomic E-state index is 12.5. The standard InChI is InChI=1S/C26H27N5O2S/c1-2-25-28-24(17-34-25)29-26(33)31-12-10-30(11-13-31)22-8-6-18(7-9-22)19-4-3-5-20(14-19)27-21-15-23(32)16-21/h1,3-9,14,17,21,23,27,32H,10-13,15-16H2,(H,29,33). The number of aliphatic hydroxyl groups excluding tert-OH is 1. The number of benzene rings is 2. The van der Waals surface area contributed by atoms with E-state index in [2.05, 4.69) is 75.0 Å². The molecular formula is C26H27N5O2S. The lowest BCUT2D eigenvalue weighted by atomic mass is 9.89. The molecule has 2 aliphatic rings. The van der Waals surface area contributed by atoms with Gasteiger partial charge in [0, 0.05) is 49.0 Å². The van der Waals surface area contributed by atoms with Crippen molar-refractivity contribution in [3.05, 3.63) is 58.9 Å². The van der Waals surface area contributed by atoms with Crippen LogP contribution in [0.2, 0.25) is 0 Å². The molecule has 1 saturated heterocycles. The Balaban J connectivity index is 1.16. The zero-order valence-electron chi connectivity index (χ0n) is 18.8. The van der Waals surface area contributed by atoms with Gasteiger partial charge in [0.2, 0.25) is 0 Å². The molecule has 8 heteroatoms. The number of thiazole rings is 1. The average molecular weight is 474 g/mol. The monoisotopic (exact) mass is 473 g/mol. The lowest BCUT2D eigenvalue weighted by Crippen LogP contribution is -2.50. The third-order valence-electron chi connectivity index (χ3n) is 6.34. The predicted octanol–water partition coefficient (Wildman–Crippen LogP) is 4.08. The first-order valence-corrected chi connectivity index (χ1v) is 12.3. The van der Waals surface area contributed by atoms with Gasteiger partial charge in [-0.15, -0.1) is 17.8 Å². The number of hydrogen-bond donors (Lipinski definition) is 3. The van der Waals surface area contributed by atoms with Crippen molar-refractivity contribution in [3.8, 4) is 23.5 Å². The fourth-order valence-electron chi connectivity index (χ4n) is 4.35. The number of hydrogen-bond acceptors (Lipinski definition) is 6. The van der Waals surface area contributed by atoms with Crippen LogP contribution in [0.15, 0.2) is 53.9 Å². The zero-order chi connectivity index (χ0) is 23.5. The van der Waals surface area contributed by atoms with Crippen LogP contribution < -0.4 is 15.5 Å². The van der Waals surface area contributed by atoms with Crippen LogP contribution in [0.4, 0.5) is 22.0 Å². The number of piperazine rings is 1. The summed E-state index contributed by atoms with van der Waals surface area (Å²) in [7, 11) is 0. The molecule has 1 aromatic heterocycles. The highest BCUT2D eigenvalue weighted by Crippen LogP contribution is 2.29. The number of rotatable bonds is 5. The molecule has 1 aliphatic heterocycles. The number of aromatic nitrogens is 1. The molecule has 3 N–H and O–H groups in total. The number of nitrogens with zero attached hydrogens (tertiary/aromatic N) is 3. The highest BCUT2D eigenvalue weighted by molar-refractivity contribution is 7.10. The van der Waals surface area contributed by atoms with Gasteiger partial charge in [0.25, 0.3) is 0 Å². The van der Waals surface area contributed by atoms with Crippen molar-refractivity contribution in [3.63, 3.8) is 0 Å². The fourth-order valence-corrected chi connectivity index (χ4v) is 4.90. The smallest absolute Gasteiger partial charge is 0.323 e. The summed E-state index contributed by atoms with van der Waals surface area (Å²) in [6.07, 6.45) is 6.80. The molecule has 2 aromatic carbocycles. The second-order valence-electron chi connectivity index (χ2n) is 8.68. The summed E-state index contributed by atoms with van der Waals surface area (Å²) in [6, 6.07) is 17.2. The summed E-state index contributed by atoms with van der Waals surface area (Å²) in [5.74, 6) is 2.98.